The molecule has 0 saturated heterocycles. The molecule has 0 heterocycles. The monoisotopic (exact) mass is 171 g/mol. The van der Waals surface area contributed by atoms with Crippen LogP contribution in [-0.2, 0) is 0 Å². The molecule has 1 unspecified atom stereocenters. The van der Waals surface area contributed by atoms with Crippen molar-refractivity contribution in [2.75, 3.05) is 6.54 Å². The molecular weight excluding hydrogens is 150 g/mol. The average molecular weight is 171 g/mol. The Kier molecular flexibility index (Phi) is 3.13. The van der Waals surface area contributed by atoms with Gasteiger partial charge in [0.15, 0.2) is 0 Å². The first-order chi connectivity index (χ1) is 5.49. The second-order valence-electron chi connectivity index (χ2n) is 4.68. The summed E-state index contributed by atoms with van der Waals surface area (Å²) in [4.78, 5) is 0. The molecule has 0 aliphatic heterocycles. The lowest BCUT2D eigenvalue weighted by Crippen LogP contribution is -2.40. The molecule has 0 bridgehead atoms. The fourth-order valence-corrected chi connectivity index (χ4v) is 1.44. The van der Waals surface area contributed by atoms with Crippen LogP contribution >= 0.6 is 0 Å². The van der Waals surface area contributed by atoms with Crippen LogP contribution in [-0.4, -0.2) is 23.3 Å². The number of hydrogen-bond donors (Lipinski definition) is 2. The standard InChI is InChI=1S/C10H21NO/c1-8(2)11-7-10(3,12)6-9-4-5-9/h8-9,11-12H,4-7H2,1-3H3. The summed E-state index contributed by atoms with van der Waals surface area (Å²) in [5.74, 6) is 0.800. The van der Waals surface area contributed by atoms with E-state index in [0.29, 0.717) is 6.04 Å². The van der Waals surface area contributed by atoms with Crippen molar-refractivity contribution in [3.05, 3.63) is 0 Å². The molecule has 0 radical (unpaired) electrons. The Bertz CT molecular complexity index is 139. The van der Waals surface area contributed by atoms with Crippen molar-refractivity contribution in [2.24, 2.45) is 5.92 Å². The summed E-state index contributed by atoms with van der Waals surface area (Å²) in [6.07, 6.45) is 3.60. The molecule has 1 saturated carbocycles. The Balaban J connectivity index is 2.16. The Morgan fingerprint density at radius 1 is 1.50 bits per heavy atom. The molecule has 1 rings (SSSR count). The molecule has 1 atom stereocenters. The molecule has 12 heavy (non-hydrogen) atoms. The molecule has 2 nitrogen and oxygen atoms in total. The highest BCUT2D eigenvalue weighted by Gasteiger charge is 2.31. The maximum absolute atomic E-state index is 9.91. The van der Waals surface area contributed by atoms with Crippen molar-refractivity contribution >= 4 is 0 Å². The number of aliphatic hydroxyl groups is 1. The lowest BCUT2D eigenvalue weighted by molar-refractivity contribution is 0.0433. The van der Waals surface area contributed by atoms with Gasteiger partial charge in [-0.25, -0.2) is 0 Å². The zero-order valence-electron chi connectivity index (χ0n) is 8.43. The van der Waals surface area contributed by atoms with Gasteiger partial charge in [-0.3, -0.25) is 0 Å². The van der Waals surface area contributed by atoms with Gasteiger partial charge in [0, 0.05) is 12.6 Å². The highest BCUT2D eigenvalue weighted by atomic mass is 16.3. The van der Waals surface area contributed by atoms with Gasteiger partial charge in [0.25, 0.3) is 0 Å². The van der Waals surface area contributed by atoms with E-state index in [4.69, 9.17) is 0 Å². The van der Waals surface area contributed by atoms with E-state index in [-0.39, 0.29) is 0 Å². The fraction of sp³-hybridized carbons (Fsp3) is 1.00. The van der Waals surface area contributed by atoms with Crippen LogP contribution in [0.5, 0.6) is 0 Å². The third-order valence-electron chi connectivity index (χ3n) is 2.32. The van der Waals surface area contributed by atoms with Gasteiger partial charge in [0.2, 0.25) is 0 Å². The van der Waals surface area contributed by atoms with Crippen LogP contribution in [0.4, 0.5) is 0 Å². The summed E-state index contributed by atoms with van der Waals surface area (Å²) in [7, 11) is 0. The molecule has 0 aromatic rings. The Hall–Kier alpha value is -0.0800. The van der Waals surface area contributed by atoms with Crippen molar-refractivity contribution in [1.82, 2.24) is 5.32 Å². The largest absolute Gasteiger partial charge is 0.389 e. The van der Waals surface area contributed by atoms with Gasteiger partial charge >= 0.3 is 0 Å². The summed E-state index contributed by atoms with van der Waals surface area (Å²) in [5.41, 5.74) is -0.495. The van der Waals surface area contributed by atoms with Crippen molar-refractivity contribution < 1.29 is 5.11 Å². The first kappa shape index (κ1) is 10.0. The molecule has 72 valence electrons. The summed E-state index contributed by atoms with van der Waals surface area (Å²) in [6, 6.07) is 0.468. The van der Waals surface area contributed by atoms with E-state index in [1.807, 2.05) is 6.92 Å². The molecule has 0 amide bonds. The Morgan fingerprint density at radius 2 is 2.08 bits per heavy atom. The normalized spacial score (nSPS) is 22.8. The van der Waals surface area contributed by atoms with Crippen LogP contribution in [0.15, 0.2) is 0 Å². The quantitative estimate of drug-likeness (QED) is 0.657. The van der Waals surface area contributed by atoms with Gasteiger partial charge in [-0.2, -0.15) is 0 Å². The Labute approximate surface area is 75.4 Å². The van der Waals surface area contributed by atoms with E-state index in [1.54, 1.807) is 0 Å². The highest BCUT2D eigenvalue weighted by molar-refractivity contribution is 4.85. The van der Waals surface area contributed by atoms with Crippen molar-refractivity contribution in [3.63, 3.8) is 0 Å². The smallest absolute Gasteiger partial charge is 0.0746 e. The van der Waals surface area contributed by atoms with Gasteiger partial charge in [0.1, 0.15) is 0 Å². The van der Waals surface area contributed by atoms with Crippen molar-refractivity contribution in [3.8, 4) is 0 Å². The van der Waals surface area contributed by atoms with E-state index >= 15 is 0 Å². The lowest BCUT2D eigenvalue weighted by atomic mass is 9.99. The number of hydrogen-bond acceptors (Lipinski definition) is 2. The predicted octanol–water partition coefficient (Wildman–Crippen LogP) is 1.54. The van der Waals surface area contributed by atoms with Crippen LogP contribution in [0.2, 0.25) is 0 Å². The van der Waals surface area contributed by atoms with Crippen LogP contribution < -0.4 is 5.32 Å². The van der Waals surface area contributed by atoms with Crippen LogP contribution in [0, 0.1) is 5.92 Å². The number of nitrogens with one attached hydrogen (secondary N) is 1. The molecule has 1 aliphatic carbocycles. The van der Waals surface area contributed by atoms with E-state index in [0.717, 1.165) is 18.9 Å². The summed E-state index contributed by atoms with van der Waals surface area (Å²) in [5, 5.41) is 13.2. The minimum absolute atomic E-state index is 0.468. The third kappa shape index (κ3) is 4.07. The molecule has 0 aromatic heterocycles. The molecule has 1 fully saturated rings. The maximum Gasteiger partial charge on any atom is 0.0746 e. The summed E-state index contributed by atoms with van der Waals surface area (Å²) < 4.78 is 0. The van der Waals surface area contributed by atoms with Gasteiger partial charge in [0.05, 0.1) is 5.60 Å². The summed E-state index contributed by atoms with van der Waals surface area (Å²) in [6.45, 7) is 6.86. The van der Waals surface area contributed by atoms with Gasteiger partial charge in [-0.15, -0.1) is 0 Å². The number of rotatable bonds is 5. The van der Waals surface area contributed by atoms with E-state index in [9.17, 15) is 5.11 Å². The lowest BCUT2D eigenvalue weighted by Gasteiger charge is -2.24. The van der Waals surface area contributed by atoms with E-state index < -0.39 is 5.60 Å². The molecule has 2 N–H and O–H groups in total. The second-order valence-corrected chi connectivity index (χ2v) is 4.68. The SMILES string of the molecule is CC(C)NCC(C)(O)CC1CC1. The molecular formula is C10H21NO. The second kappa shape index (κ2) is 3.75. The third-order valence-corrected chi connectivity index (χ3v) is 2.32. The van der Waals surface area contributed by atoms with Gasteiger partial charge < -0.3 is 10.4 Å². The minimum atomic E-state index is -0.495. The average Bonchev–Trinajstić information content (AvgIpc) is 2.67. The molecule has 2 heteroatoms. The minimum Gasteiger partial charge on any atom is -0.389 e. The fourth-order valence-electron chi connectivity index (χ4n) is 1.44. The first-order valence-corrected chi connectivity index (χ1v) is 4.95. The van der Waals surface area contributed by atoms with Gasteiger partial charge in [-0.1, -0.05) is 26.7 Å². The molecule has 0 aromatic carbocycles. The Morgan fingerprint density at radius 3 is 2.50 bits per heavy atom. The topological polar surface area (TPSA) is 32.3 Å². The summed E-state index contributed by atoms with van der Waals surface area (Å²) >= 11 is 0. The molecule has 1 aliphatic rings. The first-order valence-electron chi connectivity index (χ1n) is 4.95. The van der Waals surface area contributed by atoms with E-state index in [2.05, 4.69) is 19.2 Å². The zero-order chi connectivity index (χ0) is 9.19. The predicted molar refractivity (Wildman–Crippen MR) is 51.1 cm³/mol. The van der Waals surface area contributed by atoms with Crippen LogP contribution in [0.1, 0.15) is 40.0 Å². The maximum atomic E-state index is 9.91. The van der Waals surface area contributed by atoms with Crippen LogP contribution in [0.25, 0.3) is 0 Å². The van der Waals surface area contributed by atoms with Crippen LogP contribution in [0.3, 0.4) is 0 Å². The highest BCUT2D eigenvalue weighted by Crippen LogP contribution is 2.36. The zero-order valence-corrected chi connectivity index (χ0v) is 8.43. The van der Waals surface area contributed by atoms with Crippen molar-refractivity contribution in [2.45, 2.75) is 51.7 Å². The van der Waals surface area contributed by atoms with Gasteiger partial charge in [-0.05, 0) is 19.3 Å². The molecule has 0 spiro atoms. The van der Waals surface area contributed by atoms with Crippen molar-refractivity contribution in [1.29, 1.82) is 0 Å². The van der Waals surface area contributed by atoms with E-state index in [1.165, 1.54) is 12.8 Å².